The SMILES string of the molecule is O=C=Nc1ccc(CC(NC(=O)COC(=O)c2ccc(N=C=O)cc2)C(=O)OCC(=O)Oc2ccc(N=C=O)cc2)cc1. The van der Waals surface area contributed by atoms with Gasteiger partial charge in [0.15, 0.2) is 13.2 Å². The van der Waals surface area contributed by atoms with Gasteiger partial charge in [-0.05, 0) is 66.2 Å². The summed E-state index contributed by atoms with van der Waals surface area (Å²) in [6.07, 6.45) is 4.04. The molecule has 0 saturated heterocycles. The van der Waals surface area contributed by atoms with Crippen LogP contribution in [0.25, 0.3) is 0 Å². The summed E-state index contributed by atoms with van der Waals surface area (Å²) in [4.78, 5) is 91.3. The molecule has 1 atom stereocenters. The number of amides is 1. The van der Waals surface area contributed by atoms with Gasteiger partial charge in [0, 0.05) is 6.42 Å². The molecule has 1 amide bonds. The molecule has 3 aromatic carbocycles. The Bertz CT molecular complexity index is 1620. The Morgan fingerprint density at radius 1 is 0.674 bits per heavy atom. The van der Waals surface area contributed by atoms with E-state index in [0.717, 1.165) is 0 Å². The molecule has 0 bridgehead atoms. The fourth-order valence-corrected chi connectivity index (χ4v) is 3.40. The van der Waals surface area contributed by atoms with Crippen LogP contribution in [0.5, 0.6) is 5.75 Å². The third-order valence-electron chi connectivity index (χ3n) is 5.36. The molecule has 14 nitrogen and oxygen atoms in total. The van der Waals surface area contributed by atoms with Gasteiger partial charge in [-0.3, -0.25) is 4.79 Å². The highest BCUT2D eigenvalue weighted by Gasteiger charge is 2.25. The van der Waals surface area contributed by atoms with Crippen molar-refractivity contribution in [2.45, 2.75) is 12.5 Å². The molecule has 0 spiro atoms. The first-order valence-electron chi connectivity index (χ1n) is 12.2. The van der Waals surface area contributed by atoms with Crippen LogP contribution in [-0.4, -0.2) is 61.3 Å². The summed E-state index contributed by atoms with van der Waals surface area (Å²) in [5.41, 5.74) is 1.48. The molecule has 0 aliphatic carbocycles. The minimum Gasteiger partial charge on any atom is -0.452 e. The summed E-state index contributed by atoms with van der Waals surface area (Å²) in [5.74, 6) is -3.52. The second kappa shape index (κ2) is 16.1. The predicted molar refractivity (Wildman–Crippen MR) is 145 cm³/mol. The van der Waals surface area contributed by atoms with Gasteiger partial charge in [0.1, 0.15) is 11.8 Å². The Morgan fingerprint density at radius 3 is 1.72 bits per heavy atom. The van der Waals surface area contributed by atoms with E-state index in [1.807, 2.05) is 0 Å². The Kier molecular flexibility index (Phi) is 11.7. The molecule has 0 heterocycles. The van der Waals surface area contributed by atoms with Crippen LogP contribution in [0.4, 0.5) is 17.1 Å². The van der Waals surface area contributed by atoms with Crippen molar-refractivity contribution in [3.05, 3.63) is 83.9 Å². The number of carbonyl (C=O) groups is 4. The van der Waals surface area contributed by atoms with Crippen molar-refractivity contribution in [1.82, 2.24) is 5.32 Å². The zero-order valence-corrected chi connectivity index (χ0v) is 22.1. The molecule has 43 heavy (non-hydrogen) atoms. The van der Waals surface area contributed by atoms with Crippen LogP contribution in [0, 0.1) is 0 Å². The smallest absolute Gasteiger partial charge is 0.349 e. The number of nitrogens with zero attached hydrogens (tertiary/aromatic N) is 3. The number of esters is 3. The molecule has 1 unspecified atom stereocenters. The highest BCUT2D eigenvalue weighted by Crippen LogP contribution is 2.18. The number of carbonyl (C=O) groups excluding carboxylic acids is 7. The van der Waals surface area contributed by atoms with E-state index < -0.39 is 43.1 Å². The topological polar surface area (TPSA) is 196 Å². The quantitative estimate of drug-likeness (QED) is 0.135. The zero-order chi connectivity index (χ0) is 31.0. The lowest BCUT2D eigenvalue weighted by Gasteiger charge is -2.18. The Balaban J connectivity index is 1.62. The Labute approximate surface area is 242 Å². The second-order valence-corrected chi connectivity index (χ2v) is 8.30. The first-order valence-corrected chi connectivity index (χ1v) is 12.2. The zero-order valence-electron chi connectivity index (χ0n) is 22.1. The molecule has 3 rings (SSSR count). The van der Waals surface area contributed by atoms with Crippen molar-refractivity contribution >= 4 is 59.1 Å². The predicted octanol–water partition coefficient (Wildman–Crippen LogP) is 2.62. The third-order valence-corrected chi connectivity index (χ3v) is 5.36. The van der Waals surface area contributed by atoms with Crippen LogP contribution >= 0.6 is 0 Å². The molecular formula is C29H20N4O10. The number of isocyanates is 3. The molecule has 14 heteroatoms. The summed E-state index contributed by atoms with van der Waals surface area (Å²) in [5, 5.41) is 2.40. The molecule has 0 aliphatic heterocycles. The lowest BCUT2D eigenvalue weighted by molar-refractivity contribution is -0.156. The van der Waals surface area contributed by atoms with Crippen LogP contribution in [0.2, 0.25) is 0 Å². The van der Waals surface area contributed by atoms with Crippen LogP contribution in [0.3, 0.4) is 0 Å². The number of rotatable bonds is 13. The molecule has 3 aromatic rings. The summed E-state index contributed by atoms with van der Waals surface area (Å²) in [7, 11) is 0. The molecule has 0 radical (unpaired) electrons. The van der Waals surface area contributed by atoms with Crippen LogP contribution < -0.4 is 10.1 Å². The average Bonchev–Trinajstić information content (AvgIpc) is 3.01. The maximum atomic E-state index is 12.9. The van der Waals surface area contributed by atoms with Crippen molar-refractivity contribution in [2.24, 2.45) is 15.0 Å². The molecule has 216 valence electrons. The van der Waals surface area contributed by atoms with Crippen LogP contribution in [0.1, 0.15) is 15.9 Å². The highest BCUT2D eigenvalue weighted by atomic mass is 16.6. The van der Waals surface area contributed by atoms with E-state index in [-0.39, 0.29) is 23.4 Å². The lowest BCUT2D eigenvalue weighted by Crippen LogP contribution is -2.45. The van der Waals surface area contributed by atoms with E-state index in [0.29, 0.717) is 16.9 Å². The summed E-state index contributed by atoms with van der Waals surface area (Å²) in [6, 6.07) is 15.7. The van der Waals surface area contributed by atoms with Gasteiger partial charge < -0.3 is 19.5 Å². The number of hydrogen-bond acceptors (Lipinski definition) is 13. The van der Waals surface area contributed by atoms with E-state index in [2.05, 4.69) is 20.3 Å². The van der Waals surface area contributed by atoms with Gasteiger partial charge in [-0.15, -0.1) is 0 Å². The Morgan fingerprint density at radius 2 is 1.19 bits per heavy atom. The van der Waals surface area contributed by atoms with Crippen molar-refractivity contribution in [3.8, 4) is 5.75 Å². The summed E-state index contributed by atoms with van der Waals surface area (Å²) in [6.45, 7) is -1.55. The van der Waals surface area contributed by atoms with E-state index in [1.54, 1.807) is 12.1 Å². The normalized spacial score (nSPS) is 10.4. The van der Waals surface area contributed by atoms with Crippen LogP contribution in [-0.2, 0) is 44.7 Å². The van der Waals surface area contributed by atoms with Gasteiger partial charge in [-0.25, -0.2) is 28.8 Å². The maximum Gasteiger partial charge on any atom is 0.349 e. The van der Waals surface area contributed by atoms with Crippen molar-refractivity contribution in [2.75, 3.05) is 13.2 Å². The standard InChI is InChI=1S/C29H20N4O10/c34-16-30-21-5-1-19(2-6-21)13-25(29(40)42-15-27(38)43-24-11-9-23(10-12-24)32-18-36)33-26(37)14-41-28(39)20-3-7-22(8-4-20)31-17-35/h1-12,25H,13-15H2,(H,33,37). The molecule has 0 aliphatic rings. The van der Waals surface area contributed by atoms with Gasteiger partial charge in [0.25, 0.3) is 5.91 Å². The van der Waals surface area contributed by atoms with E-state index >= 15 is 0 Å². The second-order valence-electron chi connectivity index (χ2n) is 8.30. The van der Waals surface area contributed by atoms with Gasteiger partial charge >= 0.3 is 17.9 Å². The summed E-state index contributed by atoms with van der Waals surface area (Å²) >= 11 is 0. The van der Waals surface area contributed by atoms with Gasteiger partial charge in [-0.2, -0.15) is 15.0 Å². The monoisotopic (exact) mass is 584 g/mol. The van der Waals surface area contributed by atoms with Gasteiger partial charge in [0.2, 0.25) is 18.2 Å². The fourth-order valence-electron chi connectivity index (χ4n) is 3.40. The van der Waals surface area contributed by atoms with Crippen molar-refractivity contribution in [3.63, 3.8) is 0 Å². The molecule has 0 aromatic heterocycles. The molecule has 0 fully saturated rings. The largest absolute Gasteiger partial charge is 0.452 e. The van der Waals surface area contributed by atoms with E-state index in [9.17, 15) is 33.6 Å². The van der Waals surface area contributed by atoms with E-state index in [4.69, 9.17) is 14.2 Å². The van der Waals surface area contributed by atoms with E-state index in [1.165, 1.54) is 78.9 Å². The van der Waals surface area contributed by atoms with Crippen LogP contribution in [0.15, 0.2) is 87.8 Å². The molecule has 1 N–H and O–H groups in total. The average molecular weight is 584 g/mol. The minimum atomic E-state index is -1.32. The fraction of sp³-hybridized carbons (Fsp3) is 0.138. The highest BCUT2D eigenvalue weighted by molar-refractivity contribution is 5.92. The third kappa shape index (κ3) is 10.3. The first kappa shape index (κ1) is 31.2. The number of nitrogens with one attached hydrogen (secondary N) is 1. The lowest BCUT2D eigenvalue weighted by atomic mass is 10.1. The summed E-state index contributed by atoms with van der Waals surface area (Å²) < 4.78 is 15.1. The Hall–Kier alpha value is -6.32. The maximum absolute atomic E-state index is 12.9. The minimum absolute atomic E-state index is 0.0799. The van der Waals surface area contributed by atoms with Crippen molar-refractivity contribution in [1.29, 1.82) is 0 Å². The number of hydrogen-bond donors (Lipinski definition) is 1. The number of benzene rings is 3. The van der Waals surface area contributed by atoms with Gasteiger partial charge in [-0.1, -0.05) is 12.1 Å². The van der Waals surface area contributed by atoms with Crippen molar-refractivity contribution < 1.29 is 47.8 Å². The number of ether oxygens (including phenoxy) is 3. The molecule has 0 saturated carbocycles. The molecular weight excluding hydrogens is 564 g/mol. The van der Waals surface area contributed by atoms with Gasteiger partial charge in [0.05, 0.1) is 22.6 Å². The number of aliphatic imine (C=N–C) groups is 3. The first-order chi connectivity index (χ1) is 20.8.